The van der Waals surface area contributed by atoms with Crippen LogP contribution in [0.3, 0.4) is 0 Å². The predicted octanol–water partition coefficient (Wildman–Crippen LogP) is 0.940. The van der Waals surface area contributed by atoms with Crippen molar-refractivity contribution < 1.29 is 0 Å². The van der Waals surface area contributed by atoms with E-state index >= 15 is 0 Å². The summed E-state index contributed by atoms with van der Waals surface area (Å²) in [5.41, 5.74) is 0. The van der Waals surface area contributed by atoms with Gasteiger partial charge in [-0.1, -0.05) is 0 Å². The molecule has 0 heterocycles. The van der Waals surface area contributed by atoms with Crippen molar-refractivity contribution in [1.82, 2.24) is 0 Å². The maximum atomic E-state index is 1.60. The molecular formula is C4H8Rb2. The SMILES string of the molecule is [Rb][CH2]CC[CH2][Rb]. The normalized spacial score (nSPS) is 9.33. The van der Waals surface area contributed by atoms with E-state index in [0.717, 1.165) is 111 Å². The van der Waals surface area contributed by atoms with Crippen molar-refractivity contribution in [1.29, 1.82) is 0 Å². The second-order valence-corrected chi connectivity index (χ2v) is 6.62. The number of hydrogen-bond acceptors (Lipinski definition) is 0. The molecule has 0 fully saturated rings. The van der Waals surface area contributed by atoms with Crippen LogP contribution in [0, 0.1) is 0 Å². The van der Waals surface area contributed by atoms with Crippen LogP contribution in [-0.2, 0) is 0 Å². The summed E-state index contributed by atoms with van der Waals surface area (Å²) in [6.07, 6.45) is 3.12. The Bertz CT molecular complexity index is 17.5. The summed E-state index contributed by atoms with van der Waals surface area (Å²) in [5, 5.41) is 0. The third-order valence-corrected chi connectivity index (χ3v) is 4.43. The second-order valence-electron chi connectivity index (χ2n) is 1.71. The molecule has 0 saturated heterocycles. The molecule has 0 nitrogen and oxygen atoms in total. The summed E-state index contributed by atoms with van der Waals surface area (Å²) in [7, 11) is 0. The van der Waals surface area contributed by atoms with Crippen molar-refractivity contribution in [2.75, 3.05) is 0 Å². The summed E-state index contributed by atoms with van der Waals surface area (Å²) < 4.78 is 3.20. The van der Waals surface area contributed by atoms with Crippen LogP contribution in [0.25, 0.3) is 0 Å². The molecule has 0 unspecified atom stereocenters. The van der Waals surface area contributed by atoms with Gasteiger partial charge in [-0.05, 0) is 0 Å². The third-order valence-electron chi connectivity index (χ3n) is 0.957. The van der Waals surface area contributed by atoms with E-state index in [9.17, 15) is 0 Å². The van der Waals surface area contributed by atoms with E-state index < -0.39 is 0 Å². The van der Waals surface area contributed by atoms with Gasteiger partial charge in [0.25, 0.3) is 0 Å². The first-order chi connectivity index (χ1) is 2.91. The van der Waals surface area contributed by atoms with E-state index in [1.807, 2.05) is 0 Å². The standard InChI is InChI=1S/C4H8.2Rb/c1-3-4-2;;/h1-4H2;;. The van der Waals surface area contributed by atoms with Gasteiger partial charge in [-0.3, -0.25) is 0 Å². The van der Waals surface area contributed by atoms with Crippen LogP contribution in [-0.4, -0.2) is 111 Å². The molecule has 0 N–H and O–H groups in total. The topological polar surface area (TPSA) is 0 Å². The Hall–Kier alpha value is 3.61. The summed E-state index contributed by atoms with van der Waals surface area (Å²) in [6.45, 7) is 0. The summed E-state index contributed by atoms with van der Waals surface area (Å²) in [4.78, 5) is 0. The molecule has 0 rings (SSSR count). The van der Waals surface area contributed by atoms with Gasteiger partial charge in [0.15, 0.2) is 0 Å². The van der Waals surface area contributed by atoms with E-state index in [-0.39, 0.29) is 0 Å². The molecule has 0 aliphatic rings. The molecule has 0 spiro atoms. The molecule has 0 radical (unpaired) electrons. The molecule has 0 aromatic heterocycles. The molecule has 0 aliphatic carbocycles. The first-order valence-corrected chi connectivity index (χ1v) is 9.87. The van der Waals surface area contributed by atoms with Crippen molar-refractivity contribution in [2.45, 2.75) is 11.8 Å². The molecule has 0 saturated carbocycles. The molecule has 0 aromatic carbocycles. The van der Waals surface area contributed by atoms with E-state index in [1.165, 1.54) is 0 Å². The average Bonchev–Trinajstić information content (AvgIpc) is 1.61. The van der Waals surface area contributed by atoms with Gasteiger partial charge in [0.2, 0.25) is 0 Å². The van der Waals surface area contributed by atoms with Gasteiger partial charge in [0, 0.05) is 0 Å². The van der Waals surface area contributed by atoms with Gasteiger partial charge in [-0.2, -0.15) is 0 Å². The molecule has 0 aromatic rings. The summed E-state index contributed by atoms with van der Waals surface area (Å²) >= 11 is 2.00. The molecule has 0 aliphatic heterocycles. The molecule has 6 heavy (non-hydrogen) atoms. The van der Waals surface area contributed by atoms with Crippen molar-refractivity contribution >= 4 is 111 Å². The number of hydrogen-bond donors (Lipinski definition) is 0. The Morgan fingerprint density at radius 3 is 1.33 bits per heavy atom. The third kappa shape index (κ3) is 7.61. The fourth-order valence-corrected chi connectivity index (χ4v) is 2.96. The minimum atomic E-state index is 1.00. The Morgan fingerprint density at radius 1 is 0.833 bits per heavy atom. The Balaban J connectivity index is 2.34. The van der Waals surface area contributed by atoms with Gasteiger partial charge in [0.05, 0.1) is 0 Å². The van der Waals surface area contributed by atoms with Gasteiger partial charge in [-0.25, -0.2) is 0 Å². The van der Waals surface area contributed by atoms with Crippen molar-refractivity contribution in [3.8, 4) is 0 Å². The Kier molecular flexibility index (Phi) is 13.8. The maximum absolute atomic E-state index is 1.60. The zero-order valence-electron chi connectivity index (χ0n) is 4.83. The molecular weight excluding hydrogens is 219 g/mol. The van der Waals surface area contributed by atoms with Gasteiger partial charge < -0.3 is 0 Å². The molecule has 0 atom stereocenters. The van der Waals surface area contributed by atoms with Gasteiger partial charge in [0.1, 0.15) is 0 Å². The van der Waals surface area contributed by atoms with Crippen molar-refractivity contribution in [3.63, 3.8) is 0 Å². The number of unbranched alkanes of at least 4 members (excludes halogenated alkanes) is 1. The van der Waals surface area contributed by atoms with Crippen molar-refractivity contribution in [2.24, 2.45) is 0 Å². The average molecular weight is 227 g/mol. The van der Waals surface area contributed by atoms with Crippen molar-refractivity contribution in [3.05, 3.63) is 0 Å². The monoisotopic (exact) mass is 226 g/mol. The molecule has 2 heteroatoms. The number of rotatable bonds is 3. The first kappa shape index (κ1) is 9.61. The Morgan fingerprint density at radius 2 is 1.17 bits per heavy atom. The van der Waals surface area contributed by atoms with Crippen LogP contribution >= 0.6 is 0 Å². The quantitative estimate of drug-likeness (QED) is 0.629. The van der Waals surface area contributed by atoms with Crippen LogP contribution in [0.15, 0.2) is 0 Å². The fraction of sp³-hybridized carbons (Fsp3) is 1.00. The van der Waals surface area contributed by atoms with E-state index in [4.69, 9.17) is 0 Å². The van der Waals surface area contributed by atoms with E-state index in [1.54, 1.807) is 11.8 Å². The second kappa shape index (κ2) is 8.61. The predicted molar refractivity (Wildman–Crippen MR) is 30.4 cm³/mol. The zero-order valence-corrected chi connectivity index (χ0v) is 14.7. The van der Waals surface area contributed by atoms with Crippen LogP contribution < -0.4 is 0 Å². The van der Waals surface area contributed by atoms with Gasteiger partial charge >= 0.3 is 123 Å². The van der Waals surface area contributed by atoms with Crippen LogP contribution in [0.1, 0.15) is 12.8 Å². The van der Waals surface area contributed by atoms with Gasteiger partial charge in [-0.15, -0.1) is 0 Å². The summed E-state index contributed by atoms with van der Waals surface area (Å²) in [5.74, 6) is 0. The Labute approximate surface area is 118 Å². The summed E-state index contributed by atoms with van der Waals surface area (Å²) in [6, 6.07) is 0. The zero-order chi connectivity index (χ0) is 4.83. The van der Waals surface area contributed by atoms with Crippen LogP contribution in [0.5, 0.6) is 0 Å². The van der Waals surface area contributed by atoms with Crippen LogP contribution in [0.2, 0.25) is -1.02 Å². The van der Waals surface area contributed by atoms with E-state index in [2.05, 4.69) is 0 Å². The van der Waals surface area contributed by atoms with E-state index in [0.29, 0.717) is 0 Å². The molecule has 26 valence electrons. The molecule has 0 bridgehead atoms. The fourth-order valence-electron chi connectivity index (χ4n) is 0.500. The van der Waals surface area contributed by atoms with Crippen LogP contribution in [0.4, 0.5) is 0 Å². The minimum absolute atomic E-state index is 1.00. The first-order valence-electron chi connectivity index (χ1n) is 2.91. The molecule has 0 amide bonds.